The third-order valence-electron chi connectivity index (χ3n) is 5.62. The maximum absolute atomic E-state index is 13.5. The molecule has 1 unspecified atom stereocenters. The molecule has 0 aliphatic carbocycles. The van der Waals surface area contributed by atoms with Crippen molar-refractivity contribution < 1.29 is 48.6 Å². The summed E-state index contributed by atoms with van der Waals surface area (Å²) in [4.78, 5) is 98.6. The number of nitrogens with one attached hydrogen (secondary N) is 4. The van der Waals surface area contributed by atoms with Gasteiger partial charge in [-0.3, -0.25) is 39.0 Å². The van der Waals surface area contributed by atoms with E-state index < -0.39 is 92.2 Å². The highest BCUT2D eigenvalue weighted by Crippen LogP contribution is 2.32. The summed E-state index contributed by atoms with van der Waals surface area (Å²) in [6.45, 7) is -2.10. The van der Waals surface area contributed by atoms with Crippen molar-refractivity contribution in [1.29, 1.82) is 0 Å². The number of carbonyl (C=O) groups excluding carboxylic acids is 7. The molecule has 7 amide bonds. The Morgan fingerprint density at radius 2 is 1.79 bits per heavy atom. The molecule has 2 aliphatic heterocycles. The van der Waals surface area contributed by atoms with E-state index in [1.807, 2.05) is 5.32 Å². The van der Waals surface area contributed by atoms with E-state index in [0.717, 1.165) is 9.80 Å². The SMILES string of the molecule is O=C[C@H](CC(=O)O)NC(=O)CN1C(=O)[C@@H](NC(=O)CC2NC(=O)NC2=O)CN(C(=O)CO)c2ccccc21. The Labute approximate surface area is 214 Å². The van der Waals surface area contributed by atoms with Crippen LogP contribution >= 0.6 is 0 Å². The minimum atomic E-state index is -1.46. The molecular weight excluding hydrogens is 508 g/mol. The van der Waals surface area contributed by atoms with Crippen molar-refractivity contribution in [1.82, 2.24) is 21.3 Å². The van der Waals surface area contributed by atoms with Crippen LogP contribution in [0, 0.1) is 0 Å². The molecule has 3 rings (SSSR count). The van der Waals surface area contributed by atoms with E-state index in [9.17, 15) is 43.5 Å². The van der Waals surface area contributed by atoms with Gasteiger partial charge in [-0.1, -0.05) is 12.1 Å². The van der Waals surface area contributed by atoms with Crippen molar-refractivity contribution >= 4 is 59.2 Å². The fourth-order valence-electron chi connectivity index (χ4n) is 3.94. The molecule has 6 N–H and O–H groups in total. The number of carbonyl (C=O) groups is 8. The number of aliphatic carboxylic acids is 1. The third kappa shape index (κ3) is 6.47. The second kappa shape index (κ2) is 11.9. The molecule has 1 fully saturated rings. The van der Waals surface area contributed by atoms with Crippen molar-refractivity contribution in [2.45, 2.75) is 31.0 Å². The molecular formula is C22H24N6O10. The van der Waals surface area contributed by atoms with Gasteiger partial charge in [-0.05, 0) is 12.1 Å². The van der Waals surface area contributed by atoms with Gasteiger partial charge in [0.05, 0.1) is 36.8 Å². The van der Waals surface area contributed by atoms with Crippen LogP contribution in [-0.2, 0) is 33.6 Å². The van der Waals surface area contributed by atoms with Crippen molar-refractivity contribution in [2.75, 3.05) is 29.5 Å². The van der Waals surface area contributed by atoms with E-state index in [-0.39, 0.29) is 17.7 Å². The molecule has 1 saturated heterocycles. The number of carboxylic acid groups (broad SMARTS) is 1. The predicted octanol–water partition coefficient (Wildman–Crippen LogP) is -3.40. The maximum Gasteiger partial charge on any atom is 0.322 e. The van der Waals surface area contributed by atoms with Crippen molar-refractivity contribution in [3.63, 3.8) is 0 Å². The zero-order chi connectivity index (χ0) is 28.0. The van der Waals surface area contributed by atoms with Gasteiger partial charge in [-0.2, -0.15) is 0 Å². The quantitative estimate of drug-likeness (QED) is 0.129. The molecule has 0 saturated carbocycles. The minimum absolute atomic E-state index is 0.0644. The number of imide groups is 1. The molecule has 16 heteroatoms. The average molecular weight is 532 g/mol. The van der Waals surface area contributed by atoms with Crippen LogP contribution in [0.15, 0.2) is 24.3 Å². The molecule has 0 bridgehead atoms. The van der Waals surface area contributed by atoms with Crippen LogP contribution in [0.5, 0.6) is 0 Å². The van der Waals surface area contributed by atoms with Gasteiger partial charge in [0.1, 0.15) is 31.5 Å². The second-order valence-corrected chi connectivity index (χ2v) is 8.32. The summed E-state index contributed by atoms with van der Waals surface area (Å²) in [5, 5.41) is 27.2. The normalized spacial score (nSPS) is 19.4. The third-order valence-corrected chi connectivity index (χ3v) is 5.62. The Morgan fingerprint density at radius 3 is 2.37 bits per heavy atom. The van der Waals surface area contributed by atoms with Gasteiger partial charge < -0.3 is 35.9 Å². The van der Waals surface area contributed by atoms with Gasteiger partial charge in [-0.25, -0.2) is 4.79 Å². The number of nitrogens with zero attached hydrogens (tertiary/aromatic N) is 2. The second-order valence-electron chi connectivity index (χ2n) is 8.32. The lowest BCUT2D eigenvalue weighted by Crippen LogP contribution is -2.55. The smallest absolute Gasteiger partial charge is 0.322 e. The predicted molar refractivity (Wildman–Crippen MR) is 125 cm³/mol. The van der Waals surface area contributed by atoms with E-state index in [2.05, 4.69) is 16.0 Å². The Balaban J connectivity index is 1.89. The number of carboxylic acids is 1. The summed E-state index contributed by atoms with van der Waals surface area (Å²) < 4.78 is 0. The molecule has 38 heavy (non-hydrogen) atoms. The number of urea groups is 1. The van der Waals surface area contributed by atoms with Crippen LogP contribution < -0.4 is 31.1 Å². The van der Waals surface area contributed by atoms with Crippen molar-refractivity contribution in [3.8, 4) is 0 Å². The molecule has 0 spiro atoms. The number of para-hydroxylation sites is 2. The fourth-order valence-corrected chi connectivity index (χ4v) is 3.94. The summed E-state index contributed by atoms with van der Waals surface area (Å²) >= 11 is 0. The number of hydrogen-bond donors (Lipinski definition) is 6. The molecule has 2 aliphatic rings. The lowest BCUT2D eigenvalue weighted by atomic mass is 10.1. The van der Waals surface area contributed by atoms with Crippen molar-refractivity contribution in [2.24, 2.45) is 0 Å². The molecule has 0 radical (unpaired) electrons. The lowest BCUT2D eigenvalue weighted by molar-refractivity contribution is -0.139. The number of aldehydes is 1. The zero-order valence-corrected chi connectivity index (χ0v) is 19.7. The Kier molecular flexibility index (Phi) is 8.69. The van der Waals surface area contributed by atoms with E-state index in [1.165, 1.54) is 24.3 Å². The van der Waals surface area contributed by atoms with Crippen LogP contribution in [-0.4, -0.2) is 95.9 Å². The highest BCUT2D eigenvalue weighted by Gasteiger charge is 2.39. The number of rotatable bonds is 10. The number of aliphatic hydroxyl groups is 1. The van der Waals surface area contributed by atoms with E-state index in [4.69, 9.17) is 5.11 Å². The lowest BCUT2D eigenvalue weighted by Gasteiger charge is -2.25. The number of hydrogen-bond acceptors (Lipinski definition) is 9. The average Bonchev–Trinajstić information content (AvgIpc) is 3.13. The van der Waals surface area contributed by atoms with Crippen LogP contribution in [0.3, 0.4) is 0 Å². The number of aliphatic hydroxyl groups excluding tert-OH is 1. The molecule has 2 heterocycles. The molecule has 1 aromatic carbocycles. The maximum atomic E-state index is 13.5. The number of fused-ring (bicyclic) bond motifs is 1. The fraction of sp³-hybridized carbons (Fsp3) is 0.364. The highest BCUT2D eigenvalue weighted by atomic mass is 16.4. The number of amides is 7. The Hall–Kier alpha value is -4.86. The summed E-state index contributed by atoms with van der Waals surface area (Å²) in [5.74, 6) is -5.49. The molecule has 3 atom stereocenters. The zero-order valence-electron chi connectivity index (χ0n) is 19.7. The van der Waals surface area contributed by atoms with Gasteiger partial charge in [-0.15, -0.1) is 0 Å². The van der Waals surface area contributed by atoms with Crippen LogP contribution in [0.4, 0.5) is 16.2 Å². The first-order valence-electron chi connectivity index (χ1n) is 11.2. The summed E-state index contributed by atoms with van der Waals surface area (Å²) in [7, 11) is 0. The van der Waals surface area contributed by atoms with Gasteiger partial charge in [0.25, 0.3) is 17.7 Å². The largest absolute Gasteiger partial charge is 0.481 e. The molecule has 0 aromatic heterocycles. The highest BCUT2D eigenvalue weighted by molar-refractivity contribution is 6.11. The topological polar surface area (TPSA) is 232 Å². The van der Waals surface area contributed by atoms with Gasteiger partial charge >= 0.3 is 12.0 Å². The Morgan fingerprint density at radius 1 is 1.11 bits per heavy atom. The monoisotopic (exact) mass is 532 g/mol. The van der Waals surface area contributed by atoms with E-state index in [1.54, 1.807) is 0 Å². The van der Waals surface area contributed by atoms with Crippen molar-refractivity contribution in [3.05, 3.63) is 24.3 Å². The molecule has 16 nitrogen and oxygen atoms in total. The standard InChI is InChI=1S/C22H24N6O10/c29-9-11(5-19(34)35)23-17(32)8-28-15-4-2-1-3-14(15)27(18(33)10-30)7-13(21(28)37)24-16(31)6-12-20(36)26-22(38)25-12/h1-4,9,11-13,30H,5-8,10H2,(H,23,32)(H,24,31)(H,34,35)(H2,25,26,36,38)/t11-,12?,13-/m0/s1. The van der Waals surface area contributed by atoms with Gasteiger partial charge in [0.2, 0.25) is 11.8 Å². The molecule has 202 valence electrons. The van der Waals surface area contributed by atoms with Crippen LogP contribution in [0.1, 0.15) is 12.8 Å². The summed E-state index contributed by atoms with van der Waals surface area (Å²) in [6.07, 6.45) is -0.992. The first-order chi connectivity index (χ1) is 18.0. The van der Waals surface area contributed by atoms with E-state index >= 15 is 0 Å². The first-order valence-corrected chi connectivity index (χ1v) is 11.2. The first kappa shape index (κ1) is 27.7. The summed E-state index contributed by atoms with van der Waals surface area (Å²) in [5.41, 5.74) is 0.193. The minimum Gasteiger partial charge on any atom is -0.481 e. The Bertz CT molecular complexity index is 1190. The van der Waals surface area contributed by atoms with Crippen LogP contribution in [0.2, 0.25) is 0 Å². The van der Waals surface area contributed by atoms with E-state index in [0.29, 0.717) is 0 Å². The van der Waals surface area contributed by atoms with Crippen LogP contribution in [0.25, 0.3) is 0 Å². The van der Waals surface area contributed by atoms with Gasteiger partial charge in [0.15, 0.2) is 0 Å². The van der Waals surface area contributed by atoms with Gasteiger partial charge in [0, 0.05) is 0 Å². The number of benzene rings is 1. The number of anilines is 2. The summed E-state index contributed by atoms with van der Waals surface area (Å²) in [6, 6.07) is 1.10. The molecule has 1 aromatic rings.